The molecule has 1 aromatic rings. The van der Waals surface area contributed by atoms with Gasteiger partial charge >= 0.3 is 11.9 Å². The van der Waals surface area contributed by atoms with Gasteiger partial charge < -0.3 is 14.7 Å². The van der Waals surface area contributed by atoms with E-state index in [9.17, 15) is 19.5 Å². The lowest BCUT2D eigenvalue weighted by Crippen LogP contribution is -2.58. The van der Waals surface area contributed by atoms with Gasteiger partial charge in [0.1, 0.15) is 12.1 Å². The topological polar surface area (TPSA) is 83.9 Å². The third-order valence-corrected chi connectivity index (χ3v) is 4.13. The predicted molar refractivity (Wildman–Crippen MR) is 94.3 cm³/mol. The molecule has 0 aromatic heterocycles. The fraction of sp³-hybridized carbons (Fsp3) is 0.526. The average molecular weight is 349 g/mol. The Morgan fingerprint density at radius 2 is 1.64 bits per heavy atom. The Morgan fingerprint density at radius 1 is 1.08 bits per heavy atom. The Labute approximate surface area is 148 Å². The molecule has 25 heavy (non-hydrogen) atoms. The minimum Gasteiger partial charge on any atom is -0.479 e. The summed E-state index contributed by atoms with van der Waals surface area (Å²) in [6, 6.07) is 8.58. The van der Waals surface area contributed by atoms with E-state index in [2.05, 4.69) is 0 Å². The number of amides is 1. The molecule has 1 rings (SSSR count). The maximum absolute atomic E-state index is 13.0. The highest BCUT2D eigenvalue weighted by molar-refractivity contribution is 5.98. The Hall–Kier alpha value is -2.37. The summed E-state index contributed by atoms with van der Waals surface area (Å²) in [5.74, 6) is -1.85. The van der Waals surface area contributed by atoms with Crippen LogP contribution in [-0.2, 0) is 14.3 Å². The van der Waals surface area contributed by atoms with Crippen LogP contribution in [0, 0.1) is 0 Å². The van der Waals surface area contributed by atoms with E-state index in [1.54, 1.807) is 30.3 Å². The summed E-state index contributed by atoms with van der Waals surface area (Å²) in [5.41, 5.74) is -0.889. The first-order valence-corrected chi connectivity index (χ1v) is 8.62. The molecular formula is C19H27NO5. The summed E-state index contributed by atoms with van der Waals surface area (Å²) < 4.78 is 4.96. The van der Waals surface area contributed by atoms with Crippen LogP contribution in [0.1, 0.15) is 56.8 Å². The summed E-state index contributed by atoms with van der Waals surface area (Å²) >= 11 is 0. The van der Waals surface area contributed by atoms with Crippen molar-refractivity contribution in [1.29, 1.82) is 0 Å². The van der Waals surface area contributed by atoms with Crippen LogP contribution >= 0.6 is 0 Å². The molecule has 0 bridgehead atoms. The lowest BCUT2D eigenvalue weighted by Gasteiger charge is -2.40. The van der Waals surface area contributed by atoms with Crippen LogP contribution in [0.4, 0.5) is 0 Å². The summed E-state index contributed by atoms with van der Waals surface area (Å²) in [6.07, 6.45) is 1.93. The molecule has 6 nitrogen and oxygen atoms in total. The molecular weight excluding hydrogens is 322 g/mol. The highest BCUT2D eigenvalue weighted by Gasteiger charge is 2.45. The summed E-state index contributed by atoms with van der Waals surface area (Å²) in [6.45, 7) is 5.08. The zero-order chi connectivity index (χ0) is 18.9. The lowest BCUT2D eigenvalue weighted by atomic mass is 9.86. The number of esters is 1. The van der Waals surface area contributed by atoms with Gasteiger partial charge in [0.25, 0.3) is 5.91 Å². The zero-order valence-electron chi connectivity index (χ0n) is 15.2. The van der Waals surface area contributed by atoms with Crippen LogP contribution in [0.2, 0.25) is 0 Å². The predicted octanol–water partition coefficient (Wildman–Crippen LogP) is 3.12. The molecule has 1 amide bonds. The number of aliphatic carboxylic acids is 1. The van der Waals surface area contributed by atoms with Crippen molar-refractivity contribution >= 4 is 17.8 Å². The van der Waals surface area contributed by atoms with Gasteiger partial charge in [-0.2, -0.15) is 0 Å². The lowest BCUT2D eigenvalue weighted by molar-refractivity contribution is -0.152. The van der Waals surface area contributed by atoms with Gasteiger partial charge in [0.15, 0.2) is 0 Å². The first-order chi connectivity index (χ1) is 11.9. The molecule has 0 radical (unpaired) electrons. The summed E-state index contributed by atoms with van der Waals surface area (Å²) in [7, 11) is 0. The normalized spacial score (nSPS) is 11.0. The number of hydrogen-bond donors (Lipinski definition) is 1. The second kappa shape index (κ2) is 9.81. The Morgan fingerprint density at radius 3 is 2.08 bits per heavy atom. The minimum atomic E-state index is -1.31. The van der Waals surface area contributed by atoms with Crippen LogP contribution in [0.15, 0.2) is 30.3 Å². The molecule has 0 aliphatic heterocycles. The molecule has 0 atom stereocenters. The van der Waals surface area contributed by atoms with Crippen LogP contribution in [0.3, 0.4) is 0 Å². The molecule has 0 unspecified atom stereocenters. The molecule has 0 aliphatic carbocycles. The summed E-state index contributed by atoms with van der Waals surface area (Å²) in [5, 5.41) is 9.96. The maximum atomic E-state index is 13.0. The largest absolute Gasteiger partial charge is 0.479 e. The number of hydrogen-bond acceptors (Lipinski definition) is 4. The maximum Gasteiger partial charge on any atom is 0.329 e. The molecule has 0 heterocycles. The van der Waals surface area contributed by atoms with Gasteiger partial charge in [-0.1, -0.05) is 44.9 Å². The number of benzene rings is 1. The molecule has 6 heteroatoms. The van der Waals surface area contributed by atoms with Crippen molar-refractivity contribution in [2.24, 2.45) is 0 Å². The number of rotatable bonds is 10. The van der Waals surface area contributed by atoms with Crippen LogP contribution in [0.25, 0.3) is 0 Å². The van der Waals surface area contributed by atoms with E-state index in [4.69, 9.17) is 4.74 Å². The first-order valence-electron chi connectivity index (χ1n) is 8.62. The molecule has 0 spiro atoms. The Bertz CT molecular complexity index is 579. The van der Waals surface area contributed by atoms with Gasteiger partial charge in [-0.05, 0) is 25.0 Å². The molecule has 0 fully saturated rings. The fourth-order valence-electron chi connectivity index (χ4n) is 3.08. The van der Waals surface area contributed by atoms with Crippen molar-refractivity contribution in [3.8, 4) is 0 Å². The highest BCUT2D eigenvalue weighted by atomic mass is 16.5. The van der Waals surface area contributed by atoms with Gasteiger partial charge in [0, 0.05) is 12.5 Å². The standard InChI is InChI=1S/C19H27NO5/c1-4-11-19(12-5-2,18(23)24)20(13-14-25-15(3)21)17(22)16-9-7-6-8-10-16/h6-10H,4-5,11-14H2,1-3H3,(H,23,24). The van der Waals surface area contributed by atoms with Crippen molar-refractivity contribution in [2.75, 3.05) is 13.2 Å². The number of ether oxygens (including phenoxy) is 1. The molecule has 1 aromatic carbocycles. The monoisotopic (exact) mass is 349 g/mol. The van der Waals surface area contributed by atoms with Crippen molar-refractivity contribution in [1.82, 2.24) is 4.90 Å². The van der Waals surface area contributed by atoms with Crippen molar-refractivity contribution in [3.05, 3.63) is 35.9 Å². The van der Waals surface area contributed by atoms with E-state index in [0.717, 1.165) is 0 Å². The van der Waals surface area contributed by atoms with E-state index >= 15 is 0 Å². The van der Waals surface area contributed by atoms with Gasteiger partial charge in [-0.15, -0.1) is 0 Å². The van der Waals surface area contributed by atoms with Crippen molar-refractivity contribution in [3.63, 3.8) is 0 Å². The second-order valence-corrected chi connectivity index (χ2v) is 6.00. The van der Waals surface area contributed by atoms with E-state index < -0.39 is 17.5 Å². The number of carboxylic acid groups (broad SMARTS) is 1. The van der Waals surface area contributed by atoms with Gasteiger partial charge in [-0.3, -0.25) is 9.59 Å². The molecule has 0 saturated carbocycles. The van der Waals surface area contributed by atoms with Crippen molar-refractivity contribution < 1.29 is 24.2 Å². The first kappa shape index (κ1) is 20.7. The number of carbonyl (C=O) groups is 3. The van der Waals surface area contributed by atoms with E-state index in [1.807, 2.05) is 13.8 Å². The zero-order valence-corrected chi connectivity index (χ0v) is 15.2. The summed E-state index contributed by atoms with van der Waals surface area (Å²) in [4.78, 5) is 37.6. The SMILES string of the molecule is CCCC(CCC)(C(=O)O)N(CCOC(C)=O)C(=O)c1ccccc1. The molecule has 138 valence electrons. The molecule has 0 aliphatic rings. The number of nitrogens with zero attached hydrogens (tertiary/aromatic N) is 1. The van der Waals surface area contributed by atoms with E-state index in [-0.39, 0.29) is 19.1 Å². The van der Waals surface area contributed by atoms with E-state index in [0.29, 0.717) is 31.2 Å². The Kier molecular flexibility index (Phi) is 8.11. The van der Waals surface area contributed by atoms with Gasteiger partial charge in [0.05, 0.1) is 6.54 Å². The number of carboxylic acids is 1. The van der Waals surface area contributed by atoms with Gasteiger partial charge in [0.2, 0.25) is 0 Å². The average Bonchev–Trinajstić information content (AvgIpc) is 2.58. The highest BCUT2D eigenvalue weighted by Crippen LogP contribution is 2.29. The fourth-order valence-corrected chi connectivity index (χ4v) is 3.08. The molecule has 0 saturated heterocycles. The van der Waals surface area contributed by atoms with Crippen LogP contribution in [-0.4, -0.2) is 46.5 Å². The third kappa shape index (κ3) is 5.31. The Balaban J connectivity index is 3.26. The van der Waals surface area contributed by atoms with Crippen molar-refractivity contribution in [2.45, 2.75) is 52.0 Å². The minimum absolute atomic E-state index is 0.0314. The number of carbonyl (C=O) groups excluding carboxylic acids is 2. The smallest absolute Gasteiger partial charge is 0.329 e. The van der Waals surface area contributed by atoms with Gasteiger partial charge in [-0.25, -0.2) is 4.79 Å². The van der Waals surface area contributed by atoms with Crippen LogP contribution in [0.5, 0.6) is 0 Å². The third-order valence-electron chi connectivity index (χ3n) is 4.13. The molecule has 1 N–H and O–H groups in total. The second-order valence-electron chi connectivity index (χ2n) is 6.00. The van der Waals surface area contributed by atoms with Crippen LogP contribution < -0.4 is 0 Å². The quantitative estimate of drug-likeness (QED) is 0.656. The van der Waals surface area contributed by atoms with E-state index in [1.165, 1.54) is 11.8 Å².